The van der Waals surface area contributed by atoms with Crippen molar-refractivity contribution in [2.45, 2.75) is 59.4 Å². The topological polar surface area (TPSA) is 42.5 Å². The lowest BCUT2D eigenvalue weighted by Crippen LogP contribution is -2.38. The molecule has 0 aromatic heterocycles. The monoisotopic (exact) mass is 428 g/mol. The average Bonchev–Trinajstić information content (AvgIpc) is 2.74. The molecule has 1 atom stereocenters. The maximum absolute atomic E-state index is 5.71. The minimum absolute atomic E-state index is 0.209. The summed E-state index contributed by atoms with van der Waals surface area (Å²) in [5, 5.41) is 7.47. The molecular formula is C25H36N2O2S. The van der Waals surface area contributed by atoms with E-state index in [2.05, 4.69) is 67.8 Å². The van der Waals surface area contributed by atoms with E-state index in [0.29, 0.717) is 24.2 Å². The fourth-order valence-electron chi connectivity index (χ4n) is 3.31. The summed E-state index contributed by atoms with van der Waals surface area (Å²) in [5.41, 5.74) is 3.81. The fraction of sp³-hybridized carbons (Fsp3) is 0.480. The molecule has 0 heterocycles. The number of hydrogen-bond acceptors (Lipinski definition) is 3. The summed E-state index contributed by atoms with van der Waals surface area (Å²) in [4.78, 5) is 0. The van der Waals surface area contributed by atoms with Gasteiger partial charge in [-0.25, -0.2) is 0 Å². The highest BCUT2D eigenvalue weighted by Gasteiger charge is 2.11. The van der Waals surface area contributed by atoms with E-state index in [-0.39, 0.29) is 6.04 Å². The quantitative estimate of drug-likeness (QED) is 0.445. The van der Waals surface area contributed by atoms with Crippen molar-refractivity contribution < 1.29 is 9.47 Å². The molecule has 0 amide bonds. The predicted molar refractivity (Wildman–Crippen MR) is 130 cm³/mol. The molecule has 0 fully saturated rings. The third kappa shape index (κ3) is 7.21. The maximum atomic E-state index is 5.71. The van der Waals surface area contributed by atoms with Gasteiger partial charge in [-0.1, -0.05) is 51.1 Å². The Morgan fingerprint density at radius 2 is 1.53 bits per heavy atom. The van der Waals surface area contributed by atoms with Gasteiger partial charge in [-0.05, 0) is 73.6 Å². The van der Waals surface area contributed by atoms with Crippen molar-refractivity contribution in [2.24, 2.45) is 0 Å². The Morgan fingerprint density at radius 1 is 0.900 bits per heavy atom. The van der Waals surface area contributed by atoms with Crippen LogP contribution in [0, 0.1) is 0 Å². The maximum Gasteiger partial charge on any atom is 0.166 e. The van der Waals surface area contributed by atoms with Crippen LogP contribution in [-0.2, 0) is 6.42 Å². The van der Waals surface area contributed by atoms with Gasteiger partial charge in [0.25, 0.3) is 0 Å². The highest BCUT2D eigenvalue weighted by Crippen LogP contribution is 2.28. The minimum atomic E-state index is 0.209. The zero-order chi connectivity index (χ0) is 21.9. The summed E-state index contributed by atoms with van der Waals surface area (Å²) < 4.78 is 11.3. The molecule has 0 spiro atoms. The molecule has 0 saturated carbocycles. The van der Waals surface area contributed by atoms with Crippen LogP contribution in [0.2, 0.25) is 0 Å². The summed E-state index contributed by atoms with van der Waals surface area (Å²) >= 11 is 5.54. The van der Waals surface area contributed by atoms with Crippen molar-refractivity contribution in [3.05, 3.63) is 59.2 Å². The van der Waals surface area contributed by atoms with Gasteiger partial charge in [-0.2, -0.15) is 0 Å². The summed E-state index contributed by atoms with van der Waals surface area (Å²) in [6.45, 7) is 12.6. The van der Waals surface area contributed by atoms with E-state index in [1.54, 1.807) is 0 Å². The van der Waals surface area contributed by atoms with E-state index < -0.39 is 0 Å². The van der Waals surface area contributed by atoms with Gasteiger partial charge in [0.05, 0.1) is 19.3 Å². The third-order valence-corrected chi connectivity index (χ3v) is 5.29. The number of hydrogen-bond donors (Lipinski definition) is 2. The summed E-state index contributed by atoms with van der Waals surface area (Å²) in [5.74, 6) is 2.14. The van der Waals surface area contributed by atoms with Crippen LogP contribution in [0.15, 0.2) is 42.5 Å². The van der Waals surface area contributed by atoms with Gasteiger partial charge in [-0.3, -0.25) is 0 Å². The largest absolute Gasteiger partial charge is 0.490 e. The lowest BCUT2D eigenvalue weighted by atomic mass is 9.98. The fourth-order valence-corrected chi connectivity index (χ4v) is 3.56. The van der Waals surface area contributed by atoms with Gasteiger partial charge in [-0.15, -0.1) is 0 Å². The molecule has 0 radical (unpaired) electrons. The molecule has 5 heteroatoms. The van der Waals surface area contributed by atoms with Crippen LogP contribution in [0.25, 0.3) is 0 Å². The first kappa shape index (κ1) is 24.0. The Labute approximate surface area is 187 Å². The van der Waals surface area contributed by atoms with Crippen molar-refractivity contribution in [1.82, 2.24) is 10.6 Å². The molecule has 0 aliphatic rings. The number of thiocarbonyl (C=S) groups is 1. The molecule has 1 unspecified atom stereocenters. The van der Waals surface area contributed by atoms with E-state index in [9.17, 15) is 0 Å². The second-order valence-electron chi connectivity index (χ2n) is 7.58. The molecule has 0 saturated heterocycles. The predicted octanol–water partition coefficient (Wildman–Crippen LogP) is 5.77. The molecule has 0 bridgehead atoms. The SMILES string of the molecule is CCOc1ccc(CCNC(=S)NC(CC)c2ccc(C(C)C)cc2)cc1OCC. The lowest BCUT2D eigenvalue weighted by Gasteiger charge is -2.21. The van der Waals surface area contributed by atoms with E-state index in [1.165, 1.54) is 16.7 Å². The third-order valence-electron chi connectivity index (χ3n) is 5.03. The zero-order valence-corrected chi connectivity index (χ0v) is 19.8. The Kier molecular flexibility index (Phi) is 9.95. The Morgan fingerprint density at radius 3 is 2.13 bits per heavy atom. The lowest BCUT2D eigenvalue weighted by molar-refractivity contribution is 0.287. The second kappa shape index (κ2) is 12.4. The highest BCUT2D eigenvalue weighted by atomic mass is 32.1. The normalized spacial score (nSPS) is 11.8. The van der Waals surface area contributed by atoms with Gasteiger partial charge < -0.3 is 20.1 Å². The van der Waals surface area contributed by atoms with Crippen molar-refractivity contribution >= 4 is 17.3 Å². The van der Waals surface area contributed by atoms with Gasteiger partial charge in [0.15, 0.2) is 16.6 Å². The van der Waals surface area contributed by atoms with E-state index in [1.807, 2.05) is 19.9 Å². The molecule has 164 valence electrons. The van der Waals surface area contributed by atoms with E-state index in [4.69, 9.17) is 21.7 Å². The van der Waals surface area contributed by atoms with Gasteiger partial charge in [0.2, 0.25) is 0 Å². The first-order valence-corrected chi connectivity index (χ1v) is 11.4. The first-order valence-electron chi connectivity index (χ1n) is 11.0. The van der Waals surface area contributed by atoms with Crippen LogP contribution in [0.5, 0.6) is 11.5 Å². The van der Waals surface area contributed by atoms with Crippen LogP contribution >= 0.6 is 12.2 Å². The van der Waals surface area contributed by atoms with Crippen LogP contribution in [0.1, 0.15) is 69.7 Å². The van der Waals surface area contributed by atoms with E-state index >= 15 is 0 Å². The van der Waals surface area contributed by atoms with Crippen molar-refractivity contribution in [1.29, 1.82) is 0 Å². The summed E-state index contributed by atoms with van der Waals surface area (Å²) in [7, 11) is 0. The summed E-state index contributed by atoms with van der Waals surface area (Å²) in [6.07, 6.45) is 1.83. The molecule has 2 aromatic rings. The van der Waals surface area contributed by atoms with Crippen LogP contribution in [-0.4, -0.2) is 24.9 Å². The van der Waals surface area contributed by atoms with Crippen LogP contribution < -0.4 is 20.1 Å². The summed E-state index contributed by atoms with van der Waals surface area (Å²) in [6, 6.07) is 15.2. The molecule has 0 aliphatic carbocycles. The molecular weight excluding hydrogens is 392 g/mol. The van der Waals surface area contributed by atoms with Gasteiger partial charge in [0, 0.05) is 6.54 Å². The van der Waals surface area contributed by atoms with Gasteiger partial charge in [0.1, 0.15) is 0 Å². The Bertz CT molecular complexity index is 790. The van der Waals surface area contributed by atoms with Crippen LogP contribution in [0.3, 0.4) is 0 Å². The second-order valence-corrected chi connectivity index (χ2v) is 7.99. The molecule has 4 nitrogen and oxygen atoms in total. The van der Waals surface area contributed by atoms with Crippen molar-refractivity contribution in [2.75, 3.05) is 19.8 Å². The molecule has 2 rings (SSSR count). The Balaban J connectivity index is 1.88. The number of rotatable bonds is 11. The molecule has 2 aromatic carbocycles. The molecule has 30 heavy (non-hydrogen) atoms. The molecule has 2 N–H and O–H groups in total. The highest BCUT2D eigenvalue weighted by molar-refractivity contribution is 7.80. The van der Waals surface area contributed by atoms with Crippen molar-refractivity contribution in [3.63, 3.8) is 0 Å². The zero-order valence-electron chi connectivity index (χ0n) is 19.0. The minimum Gasteiger partial charge on any atom is -0.490 e. The number of ether oxygens (including phenoxy) is 2. The van der Waals surface area contributed by atoms with Gasteiger partial charge >= 0.3 is 0 Å². The smallest absolute Gasteiger partial charge is 0.166 e. The number of nitrogens with one attached hydrogen (secondary N) is 2. The average molecular weight is 429 g/mol. The van der Waals surface area contributed by atoms with E-state index in [0.717, 1.165) is 30.9 Å². The molecule has 0 aliphatic heterocycles. The first-order chi connectivity index (χ1) is 14.5. The van der Waals surface area contributed by atoms with Crippen molar-refractivity contribution in [3.8, 4) is 11.5 Å². The standard InChI is InChI=1S/C25H36N2O2S/c1-6-22(21-12-10-20(11-13-21)18(4)5)27-25(30)26-16-15-19-9-14-23(28-7-2)24(17-19)29-8-3/h9-14,17-18,22H,6-8,15-16H2,1-5H3,(H2,26,27,30). The van der Waals surface area contributed by atoms with Crippen LogP contribution in [0.4, 0.5) is 0 Å². The number of benzene rings is 2. The Hall–Kier alpha value is -2.27.